The van der Waals surface area contributed by atoms with E-state index >= 15 is 0 Å². The minimum absolute atomic E-state index is 0.0466. The summed E-state index contributed by atoms with van der Waals surface area (Å²) in [6, 6.07) is 7.49. The number of fused-ring (bicyclic) bond motifs is 6. The van der Waals surface area contributed by atoms with Crippen LogP contribution in [-0.4, -0.2) is 22.7 Å². The smallest absolute Gasteiger partial charge is 0.294 e. The first kappa shape index (κ1) is 20.4. The van der Waals surface area contributed by atoms with Crippen LogP contribution in [0.4, 0.5) is 11.4 Å². The maximum absolute atomic E-state index is 13.1. The van der Waals surface area contributed by atoms with Crippen LogP contribution in [0.15, 0.2) is 41.7 Å². The average Bonchev–Trinajstić information content (AvgIpc) is 2.91. The summed E-state index contributed by atoms with van der Waals surface area (Å²) in [5.74, 6) is -2.30. The SMILES string of the molecule is CC(=O)Nc1cc(Cl)c2c(c1)N1C(=O)C(O)=C(C(=O)C(C)C)C1c1ccc(Cl)cc1-2. The summed E-state index contributed by atoms with van der Waals surface area (Å²) in [6.07, 6.45) is 0. The molecule has 0 spiro atoms. The number of aliphatic hydroxyl groups is 1. The number of nitrogens with zero attached hydrogens (tertiary/aromatic N) is 1. The number of ketones is 1. The van der Waals surface area contributed by atoms with Gasteiger partial charge in [0, 0.05) is 29.1 Å². The second-order valence-electron chi connectivity index (χ2n) is 7.62. The van der Waals surface area contributed by atoms with E-state index in [1.165, 1.54) is 11.8 Å². The van der Waals surface area contributed by atoms with Gasteiger partial charge in [0.15, 0.2) is 11.5 Å². The van der Waals surface area contributed by atoms with Crippen LogP contribution in [0.1, 0.15) is 32.4 Å². The highest BCUT2D eigenvalue weighted by Gasteiger charge is 2.48. The number of rotatable bonds is 3. The molecule has 0 saturated carbocycles. The summed E-state index contributed by atoms with van der Waals surface area (Å²) in [5, 5.41) is 14.1. The van der Waals surface area contributed by atoms with E-state index in [0.717, 1.165) is 0 Å². The molecule has 1 atom stereocenters. The number of halogens is 2. The van der Waals surface area contributed by atoms with Gasteiger partial charge >= 0.3 is 0 Å². The predicted octanol–water partition coefficient (Wildman–Crippen LogP) is 5.06. The van der Waals surface area contributed by atoms with Gasteiger partial charge in [0.25, 0.3) is 5.91 Å². The molecule has 4 rings (SSSR count). The first-order valence-corrected chi connectivity index (χ1v) is 10.1. The minimum Gasteiger partial charge on any atom is -0.503 e. The van der Waals surface area contributed by atoms with Crippen LogP contribution in [-0.2, 0) is 14.4 Å². The van der Waals surface area contributed by atoms with Crippen LogP contribution >= 0.6 is 23.2 Å². The van der Waals surface area contributed by atoms with Crippen molar-refractivity contribution in [2.24, 2.45) is 5.92 Å². The molecule has 2 amide bonds. The highest BCUT2D eigenvalue weighted by atomic mass is 35.5. The fraction of sp³-hybridized carbons (Fsp3) is 0.227. The van der Waals surface area contributed by atoms with E-state index in [0.29, 0.717) is 38.1 Å². The third-order valence-corrected chi connectivity index (χ3v) is 5.76. The molecule has 2 aromatic rings. The molecule has 2 aromatic carbocycles. The summed E-state index contributed by atoms with van der Waals surface area (Å²) in [4.78, 5) is 38.9. The van der Waals surface area contributed by atoms with E-state index in [9.17, 15) is 19.5 Å². The molecular weight excluding hydrogens is 427 g/mol. The Hall–Kier alpha value is -2.83. The van der Waals surface area contributed by atoms with E-state index in [4.69, 9.17) is 23.2 Å². The van der Waals surface area contributed by atoms with E-state index < -0.39 is 23.6 Å². The van der Waals surface area contributed by atoms with Crippen molar-refractivity contribution in [3.63, 3.8) is 0 Å². The molecule has 0 fully saturated rings. The van der Waals surface area contributed by atoms with Crippen LogP contribution in [0.3, 0.4) is 0 Å². The number of hydrogen-bond donors (Lipinski definition) is 2. The number of nitrogens with one attached hydrogen (secondary N) is 1. The van der Waals surface area contributed by atoms with Crippen molar-refractivity contribution >= 4 is 52.2 Å². The van der Waals surface area contributed by atoms with Crippen molar-refractivity contribution in [3.8, 4) is 11.1 Å². The highest BCUT2D eigenvalue weighted by molar-refractivity contribution is 6.36. The van der Waals surface area contributed by atoms with Crippen LogP contribution in [0.25, 0.3) is 11.1 Å². The second kappa shape index (κ2) is 7.15. The van der Waals surface area contributed by atoms with Crippen LogP contribution in [0.2, 0.25) is 10.0 Å². The van der Waals surface area contributed by atoms with Crippen molar-refractivity contribution in [1.82, 2.24) is 0 Å². The molecule has 154 valence electrons. The number of carbonyl (C=O) groups excluding carboxylic acids is 3. The molecular formula is C22H18Cl2N2O4. The van der Waals surface area contributed by atoms with Gasteiger partial charge in [0.1, 0.15) is 0 Å². The molecule has 6 nitrogen and oxygen atoms in total. The lowest BCUT2D eigenvalue weighted by atomic mass is 9.83. The third-order valence-electron chi connectivity index (χ3n) is 5.23. The second-order valence-corrected chi connectivity index (χ2v) is 8.47. The molecule has 0 aromatic heterocycles. The topological polar surface area (TPSA) is 86.7 Å². The number of benzene rings is 2. The number of hydrogen-bond acceptors (Lipinski definition) is 4. The third kappa shape index (κ3) is 2.99. The Labute approximate surface area is 183 Å². The van der Waals surface area contributed by atoms with Crippen LogP contribution in [0, 0.1) is 5.92 Å². The lowest BCUT2D eigenvalue weighted by molar-refractivity contribution is -0.119. The number of anilines is 2. The first-order chi connectivity index (χ1) is 14.1. The molecule has 2 aliphatic rings. The Kier molecular flexibility index (Phi) is 4.87. The van der Waals surface area contributed by atoms with Gasteiger partial charge in [-0.2, -0.15) is 0 Å². The zero-order valence-corrected chi connectivity index (χ0v) is 17.9. The quantitative estimate of drug-likeness (QED) is 0.692. The molecule has 2 N–H and O–H groups in total. The van der Waals surface area contributed by atoms with E-state index in [1.54, 1.807) is 44.2 Å². The Bertz CT molecular complexity index is 1170. The molecule has 1 unspecified atom stereocenters. The zero-order valence-electron chi connectivity index (χ0n) is 16.4. The summed E-state index contributed by atoms with van der Waals surface area (Å²) < 4.78 is 0. The molecule has 2 heterocycles. The van der Waals surface area contributed by atoms with Crippen LogP contribution < -0.4 is 10.2 Å². The number of Topliss-reactive ketones (excluding diaryl/α,β-unsaturated/α-hetero) is 1. The highest BCUT2D eigenvalue weighted by Crippen LogP contribution is 2.54. The molecule has 0 bridgehead atoms. The van der Waals surface area contributed by atoms with Gasteiger partial charge in [-0.1, -0.05) is 43.1 Å². The predicted molar refractivity (Wildman–Crippen MR) is 116 cm³/mol. The maximum atomic E-state index is 13.1. The summed E-state index contributed by atoms with van der Waals surface area (Å²) >= 11 is 12.8. The van der Waals surface area contributed by atoms with Crippen molar-refractivity contribution in [3.05, 3.63) is 57.3 Å². The summed E-state index contributed by atoms with van der Waals surface area (Å²) in [5.41, 5.74) is 2.67. The first-order valence-electron chi connectivity index (χ1n) is 9.33. The Morgan fingerprint density at radius 1 is 1.17 bits per heavy atom. The van der Waals surface area contributed by atoms with Crippen LogP contribution in [0.5, 0.6) is 0 Å². The Balaban J connectivity index is 2.03. The molecule has 0 radical (unpaired) electrons. The van der Waals surface area contributed by atoms with Crippen molar-refractivity contribution in [2.45, 2.75) is 26.8 Å². The van der Waals surface area contributed by atoms with Crippen molar-refractivity contribution < 1.29 is 19.5 Å². The lowest BCUT2D eigenvalue weighted by Crippen LogP contribution is -2.34. The van der Waals surface area contributed by atoms with E-state index in [-0.39, 0.29) is 17.3 Å². The number of aliphatic hydroxyl groups excluding tert-OH is 1. The van der Waals surface area contributed by atoms with Gasteiger partial charge in [-0.25, -0.2) is 0 Å². The van der Waals surface area contributed by atoms with Crippen molar-refractivity contribution in [1.29, 1.82) is 0 Å². The van der Waals surface area contributed by atoms with Gasteiger partial charge < -0.3 is 10.4 Å². The Morgan fingerprint density at radius 3 is 2.50 bits per heavy atom. The van der Waals surface area contributed by atoms with E-state index in [2.05, 4.69) is 5.32 Å². The fourth-order valence-electron chi connectivity index (χ4n) is 4.02. The van der Waals surface area contributed by atoms with Gasteiger partial charge in [-0.3, -0.25) is 19.3 Å². The molecule has 0 saturated heterocycles. The normalized spacial score (nSPS) is 17.1. The minimum atomic E-state index is -0.809. The molecule has 0 aliphatic carbocycles. The molecule has 8 heteroatoms. The standard InChI is InChI=1S/C22H18Cl2N2O4/c1-9(2)20(28)18-19-13-5-4-11(23)6-14(13)17-15(24)7-12(25-10(3)27)8-16(17)26(19)22(30)21(18)29/h4-9,19,29H,1-3H3,(H,25,27). The maximum Gasteiger partial charge on any atom is 0.294 e. The largest absolute Gasteiger partial charge is 0.503 e. The summed E-state index contributed by atoms with van der Waals surface area (Å²) in [7, 11) is 0. The average molecular weight is 445 g/mol. The summed E-state index contributed by atoms with van der Waals surface area (Å²) in [6.45, 7) is 4.78. The number of amides is 2. The van der Waals surface area contributed by atoms with E-state index in [1.807, 2.05) is 0 Å². The lowest BCUT2D eigenvalue weighted by Gasteiger charge is -2.36. The van der Waals surface area contributed by atoms with Gasteiger partial charge in [-0.15, -0.1) is 0 Å². The van der Waals surface area contributed by atoms with Gasteiger partial charge in [0.2, 0.25) is 5.91 Å². The fourth-order valence-corrected chi connectivity index (χ4v) is 4.51. The van der Waals surface area contributed by atoms with Crippen molar-refractivity contribution in [2.75, 3.05) is 10.2 Å². The zero-order chi connectivity index (χ0) is 21.9. The molecule has 2 aliphatic heterocycles. The molecule has 30 heavy (non-hydrogen) atoms. The monoisotopic (exact) mass is 444 g/mol. The van der Waals surface area contributed by atoms with Gasteiger partial charge in [0.05, 0.1) is 22.3 Å². The Morgan fingerprint density at radius 2 is 1.87 bits per heavy atom. The van der Waals surface area contributed by atoms with Gasteiger partial charge in [-0.05, 0) is 35.4 Å². The number of carbonyl (C=O) groups is 3.